The molecule has 8 heteroatoms. The molecule has 1 fully saturated rings. The third-order valence-corrected chi connectivity index (χ3v) is 4.73. The van der Waals surface area contributed by atoms with Gasteiger partial charge < -0.3 is 19.1 Å². The van der Waals surface area contributed by atoms with E-state index in [1.807, 2.05) is 4.90 Å². The zero-order chi connectivity index (χ0) is 17.9. The fourth-order valence-corrected chi connectivity index (χ4v) is 3.50. The monoisotopic (exact) mass is 375 g/mol. The Hall–Kier alpha value is -2.54. The van der Waals surface area contributed by atoms with Gasteiger partial charge >= 0.3 is 5.97 Å². The van der Waals surface area contributed by atoms with Gasteiger partial charge in [-0.1, -0.05) is 11.6 Å². The maximum Gasteiger partial charge on any atom is 0.329 e. The van der Waals surface area contributed by atoms with Crippen molar-refractivity contribution in [2.75, 3.05) is 18.2 Å². The molecule has 0 spiro atoms. The van der Waals surface area contributed by atoms with Gasteiger partial charge in [0.2, 0.25) is 12.7 Å². The first kappa shape index (κ1) is 16.9. The van der Waals surface area contributed by atoms with Crippen molar-refractivity contribution in [2.45, 2.75) is 31.9 Å². The van der Waals surface area contributed by atoms with Crippen LogP contribution in [0.1, 0.15) is 24.8 Å². The SMILES string of the molecule is O=C(OCc1cc(Cl)c2c(c1)OCO2)[C@@H]1CCCCN1c1ncccn1. The molecule has 26 heavy (non-hydrogen) atoms. The van der Waals surface area contributed by atoms with Gasteiger partial charge in [-0.05, 0) is 43.0 Å². The zero-order valence-electron chi connectivity index (χ0n) is 14.1. The number of hydrogen-bond donors (Lipinski definition) is 0. The number of halogens is 1. The number of aromatic nitrogens is 2. The number of carbonyl (C=O) groups is 1. The molecule has 4 rings (SSSR count). The number of carbonyl (C=O) groups excluding carboxylic acids is 1. The predicted molar refractivity (Wildman–Crippen MR) is 94.4 cm³/mol. The number of hydrogen-bond acceptors (Lipinski definition) is 7. The molecule has 1 saturated heterocycles. The number of piperidine rings is 1. The molecule has 0 N–H and O–H groups in total. The van der Waals surface area contributed by atoms with Crippen LogP contribution >= 0.6 is 11.6 Å². The lowest BCUT2D eigenvalue weighted by Gasteiger charge is -2.33. The first-order valence-electron chi connectivity index (χ1n) is 8.50. The van der Waals surface area contributed by atoms with Crippen LogP contribution in [-0.2, 0) is 16.1 Å². The van der Waals surface area contributed by atoms with Crippen LogP contribution in [-0.4, -0.2) is 35.3 Å². The predicted octanol–water partition coefficient (Wildman–Crippen LogP) is 2.96. The normalized spacial score (nSPS) is 18.7. The summed E-state index contributed by atoms with van der Waals surface area (Å²) in [5.74, 6) is 1.37. The smallest absolute Gasteiger partial charge is 0.329 e. The second kappa shape index (κ2) is 7.37. The van der Waals surface area contributed by atoms with E-state index in [1.54, 1.807) is 30.6 Å². The highest BCUT2D eigenvalue weighted by Gasteiger charge is 2.31. The summed E-state index contributed by atoms with van der Waals surface area (Å²) >= 11 is 6.17. The summed E-state index contributed by atoms with van der Waals surface area (Å²) in [6.45, 7) is 1.00. The Labute approximate surface area is 155 Å². The molecule has 2 aliphatic heterocycles. The van der Waals surface area contributed by atoms with Crippen LogP contribution in [0.15, 0.2) is 30.6 Å². The Balaban J connectivity index is 1.45. The van der Waals surface area contributed by atoms with Crippen LogP contribution in [0.2, 0.25) is 5.02 Å². The van der Waals surface area contributed by atoms with Gasteiger partial charge in [0, 0.05) is 18.9 Å². The molecule has 2 aromatic rings. The highest BCUT2D eigenvalue weighted by atomic mass is 35.5. The number of esters is 1. The highest BCUT2D eigenvalue weighted by Crippen LogP contribution is 2.40. The van der Waals surface area contributed by atoms with Crippen molar-refractivity contribution in [1.82, 2.24) is 9.97 Å². The lowest BCUT2D eigenvalue weighted by Crippen LogP contribution is -2.46. The van der Waals surface area contributed by atoms with Gasteiger partial charge in [-0.3, -0.25) is 0 Å². The number of nitrogens with zero attached hydrogens (tertiary/aromatic N) is 3. The number of anilines is 1. The van der Waals surface area contributed by atoms with E-state index in [9.17, 15) is 4.79 Å². The van der Waals surface area contributed by atoms with Crippen LogP contribution in [0.25, 0.3) is 0 Å². The van der Waals surface area contributed by atoms with Crippen molar-refractivity contribution in [3.63, 3.8) is 0 Å². The summed E-state index contributed by atoms with van der Waals surface area (Å²) in [7, 11) is 0. The van der Waals surface area contributed by atoms with Crippen molar-refractivity contribution < 1.29 is 19.0 Å². The highest BCUT2D eigenvalue weighted by molar-refractivity contribution is 6.32. The van der Waals surface area contributed by atoms with Gasteiger partial charge in [-0.25, -0.2) is 14.8 Å². The van der Waals surface area contributed by atoms with E-state index >= 15 is 0 Å². The fraction of sp³-hybridized carbons (Fsp3) is 0.389. The first-order valence-corrected chi connectivity index (χ1v) is 8.88. The van der Waals surface area contributed by atoms with Crippen LogP contribution in [0.5, 0.6) is 11.5 Å². The summed E-state index contributed by atoms with van der Waals surface area (Å²) in [5.41, 5.74) is 0.755. The minimum atomic E-state index is -0.379. The van der Waals surface area contributed by atoms with E-state index in [1.165, 1.54) is 0 Å². The van der Waals surface area contributed by atoms with Crippen molar-refractivity contribution in [3.05, 3.63) is 41.2 Å². The van der Waals surface area contributed by atoms with E-state index in [-0.39, 0.29) is 25.4 Å². The van der Waals surface area contributed by atoms with Crippen molar-refractivity contribution in [2.24, 2.45) is 0 Å². The van der Waals surface area contributed by atoms with Gasteiger partial charge in [-0.15, -0.1) is 0 Å². The molecule has 2 aliphatic rings. The van der Waals surface area contributed by atoms with Gasteiger partial charge in [0.1, 0.15) is 12.6 Å². The maximum absolute atomic E-state index is 12.7. The molecule has 0 radical (unpaired) electrons. The molecule has 0 aliphatic carbocycles. The Bertz CT molecular complexity index is 803. The number of fused-ring (bicyclic) bond motifs is 1. The average Bonchev–Trinajstić information content (AvgIpc) is 3.16. The fourth-order valence-electron chi connectivity index (χ4n) is 3.21. The van der Waals surface area contributed by atoms with Crippen molar-refractivity contribution >= 4 is 23.5 Å². The molecule has 1 aromatic heterocycles. The van der Waals surface area contributed by atoms with Gasteiger partial charge in [0.15, 0.2) is 11.5 Å². The summed E-state index contributed by atoms with van der Waals surface area (Å²) in [6.07, 6.45) is 6.04. The van der Waals surface area contributed by atoms with Crippen LogP contribution < -0.4 is 14.4 Å². The summed E-state index contributed by atoms with van der Waals surface area (Å²) < 4.78 is 16.2. The zero-order valence-corrected chi connectivity index (χ0v) is 14.8. The molecule has 0 bridgehead atoms. The molecular formula is C18H18ClN3O4. The molecule has 3 heterocycles. The van der Waals surface area contributed by atoms with E-state index in [4.69, 9.17) is 25.8 Å². The second-order valence-electron chi connectivity index (χ2n) is 6.17. The van der Waals surface area contributed by atoms with E-state index in [0.29, 0.717) is 22.5 Å². The maximum atomic E-state index is 12.7. The summed E-state index contributed by atoms with van der Waals surface area (Å²) in [4.78, 5) is 23.1. The van der Waals surface area contributed by atoms with Crippen LogP contribution in [0.4, 0.5) is 5.95 Å². The van der Waals surface area contributed by atoms with E-state index in [2.05, 4.69) is 9.97 Å². The molecule has 0 amide bonds. The molecule has 7 nitrogen and oxygen atoms in total. The lowest BCUT2D eigenvalue weighted by molar-refractivity contribution is -0.147. The van der Waals surface area contributed by atoms with E-state index in [0.717, 1.165) is 31.4 Å². The van der Waals surface area contributed by atoms with Crippen LogP contribution in [0.3, 0.4) is 0 Å². The minimum absolute atomic E-state index is 0.120. The van der Waals surface area contributed by atoms with E-state index < -0.39 is 0 Å². The number of benzene rings is 1. The van der Waals surface area contributed by atoms with Crippen molar-refractivity contribution in [1.29, 1.82) is 0 Å². The average molecular weight is 376 g/mol. The molecule has 0 saturated carbocycles. The Morgan fingerprint density at radius 3 is 2.96 bits per heavy atom. The quantitative estimate of drug-likeness (QED) is 0.760. The van der Waals surface area contributed by atoms with Gasteiger partial charge in [0.05, 0.1) is 5.02 Å². The van der Waals surface area contributed by atoms with Crippen molar-refractivity contribution in [3.8, 4) is 11.5 Å². The Kier molecular flexibility index (Phi) is 4.79. The number of rotatable bonds is 4. The molecule has 1 aromatic carbocycles. The molecule has 0 unspecified atom stereocenters. The topological polar surface area (TPSA) is 73.8 Å². The molecule has 1 atom stereocenters. The second-order valence-corrected chi connectivity index (χ2v) is 6.58. The minimum Gasteiger partial charge on any atom is -0.459 e. The summed E-state index contributed by atoms with van der Waals surface area (Å²) in [5, 5.41) is 0.447. The third-order valence-electron chi connectivity index (χ3n) is 4.45. The largest absolute Gasteiger partial charge is 0.459 e. The summed E-state index contributed by atoms with van der Waals surface area (Å²) in [6, 6.07) is 4.88. The lowest BCUT2D eigenvalue weighted by atomic mass is 10.0. The molecular weight excluding hydrogens is 358 g/mol. The van der Waals surface area contributed by atoms with Crippen LogP contribution in [0, 0.1) is 0 Å². The standard InChI is InChI=1S/C18H18ClN3O4/c19-13-8-12(9-15-16(13)26-11-25-15)10-24-17(23)14-4-1-2-7-22(14)18-20-5-3-6-21-18/h3,5-6,8-9,14H,1-2,4,7,10-11H2/t14-/m0/s1. The molecule has 136 valence electrons. The Morgan fingerprint density at radius 2 is 2.12 bits per heavy atom. The third kappa shape index (κ3) is 3.39. The Morgan fingerprint density at radius 1 is 1.27 bits per heavy atom. The number of ether oxygens (including phenoxy) is 3. The first-order chi connectivity index (χ1) is 12.7. The van der Waals surface area contributed by atoms with Gasteiger partial charge in [-0.2, -0.15) is 0 Å². The van der Waals surface area contributed by atoms with Gasteiger partial charge in [0.25, 0.3) is 0 Å².